The first-order chi connectivity index (χ1) is 8.95. The summed E-state index contributed by atoms with van der Waals surface area (Å²) in [6, 6.07) is 3.39. The molecule has 106 valence electrons. The summed E-state index contributed by atoms with van der Waals surface area (Å²) in [5.41, 5.74) is 0.499. The fourth-order valence-corrected chi connectivity index (χ4v) is 4.07. The van der Waals surface area contributed by atoms with Crippen molar-refractivity contribution in [1.82, 2.24) is 0 Å². The molecule has 0 spiro atoms. The Bertz CT molecular complexity index is 464. The van der Waals surface area contributed by atoms with Crippen LogP contribution in [0, 0.1) is 0 Å². The third kappa shape index (κ3) is 4.13. The molecule has 1 aliphatic heterocycles. The van der Waals surface area contributed by atoms with Crippen LogP contribution >= 0.6 is 39.3 Å². The third-order valence-corrected chi connectivity index (χ3v) is 4.94. The fourth-order valence-electron chi connectivity index (χ4n) is 2.01. The van der Waals surface area contributed by atoms with Gasteiger partial charge >= 0.3 is 6.61 Å². The van der Waals surface area contributed by atoms with Gasteiger partial charge in [0, 0.05) is 22.1 Å². The van der Waals surface area contributed by atoms with Gasteiger partial charge in [0.25, 0.3) is 0 Å². The van der Waals surface area contributed by atoms with Crippen LogP contribution in [-0.4, -0.2) is 23.7 Å². The maximum Gasteiger partial charge on any atom is 0.387 e. The van der Waals surface area contributed by atoms with E-state index < -0.39 is 6.61 Å². The van der Waals surface area contributed by atoms with Gasteiger partial charge in [0.2, 0.25) is 0 Å². The highest BCUT2D eigenvalue weighted by Gasteiger charge is 2.24. The molecule has 2 nitrogen and oxygen atoms in total. The molecule has 1 aromatic rings. The van der Waals surface area contributed by atoms with Crippen LogP contribution in [0.25, 0.3) is 0 Å². The van der Waals surface area contributed by atoms with Crippen molar-refractivity contribution in [3.05, 3.63) is 21.6 Å². The average Bonchev–Trinajstić information content (AvgIpc) is 2.69. The van der Waals surface area contributed by atoms with E-state index in [1.165, 1.54) is 6.07 Å². The zero-order chi connectivity index (χ0) is 14.0. The van der Waals surface area contributed by atoms with Crippen molar-refractivity contribution in [3.63, 3.8) is 0 Å². The second-order valence-corrected chi connectivity index (χ2v) is 7.13. The number of ether oxygens (including phenoxy) is 1. The molecule has 2 unspecified atom stereocenters. The summed E-state index contributed by atoms with van der Waals surface area (Å²) >= 11 is 11.0. The zero-order valence-corrected chi connectivity index (χ0v) is 13.3. The number of nitrogens with one attached hydrogen (secondary N) is 1. The highest BCUT2D eigenvalue weighted by Crippen LogP contribution is 2.39. The van der Waals surface area contributed by atoms with Crippen LogP contribution in [0.3, 0.4) is 0 Å². The molecule has 1 N–H and O–H groups in total. The van der Waals surface area contributed by atoms with Gasteiger partial charge in [0.05, 0.1) is 10.2 Å². The Morgan fingerprint density at radius 3 is 2.84 bits per heavy atom. The molecule has 1 aliphatic rings. The van der Waals surface area contributed by atoms with Gasteiger partial charge in [0.1, 0.15) is 0 Å². The van der Waals surface area contributed by atoms with Gasteiger partial charge in [-0.15, -0.1) is 0 Å². The number of alkyl halides is 2. The van der Waals surface area contributed by atoms with E-state index >= 15 is 0 Å². The Morgan fingerprint density at radius 2 is 2.26 bits per heavy atom. The number of rotatable bonds is 4. The lowest BCUT2D eigenvalue weighted by Crippen LogP contribution is -2.20. The van der Waals surface area contributed by atoms with Crippen molar-refractivity contribution in [1.29, 1.82) is 0 Å². The van der Waals surface area contributed by atoms with E-state index in [9.17, 15) is 8.78 Å². The summed E-state index contributed by atoms with van der Waals surface area (Å²) in [4.78, 5) is 0. The van der Waals surface area contributed by atoms with Crippen LogP contribution < -0.4 is 10.1 Å². The lowest BCUT2D eigenvalue weighted by molar-refractivity contribution is -0.0498. The molecule has 1 saturated heterocycles. The lowest BCUT2D eigenvalue weighted by Gasteiger charge is -2.18. The maximum atomic E-state index is 12.4. The third-order valence-electron chi connectivity index (χ3n) is 2.77. The first-order valence-corrected chi connectivity index (χ1v) is 7.99. The second-order valence-electron chi connectivity index (χ2n) is 4.36. The van der Waals surface area contributed by atoms with E-state index in [2.05, 4.69) is 32.9 Å². The Labute approximate surface area is 128 Å². The quantitative estimate of drug-likeness (QED) is 0.803. The Morgan fingerprint density at radius 1 is 1.53 bits per heavy atom. The van der Waals surface area contributed by atoms with Crippen LogP contribution in [0.2, 0.25) is 5.02 Å². The van der Waals surface area contributed by atoms with Gasteiger partial charge in [-0.05, 0) is 34.5 Å². The monoisotopic (exact) mass is 371 g/mol. The molecule has 0 saturated carbocycles. The van der Waals surface area contributed by atoms with Gasteiger partial charge < -0.3 is 10.1 Å². The number of hydrogen-bond donors (Lipinski definition) is 1. The van der Waals surface area contributed by atoms with Crippen LogP contribution in [0.1, 0.15) is 13.3 Å². The van der Waals surface area contributed by atoms with E-state index in [1.54, 1.807) is 6.07 Å². The molecule has 1 heterocycles. The Balaban J connectivity index is 2.21. The van der Waals surface area contributed by atoms with Crippen LogP contribution in [0.4, 0.5) is 14.5 Å². The molecule has 1 aromatic carbocycles. The van der Waals surface area contributed by atoms with Crippen molar-refractivity contribution in [2.24, 2.45) is 0 Å². The molecule has 0 radical (unpaired) electrons. The molecule has 7 heteroatoms. The van der Waals surface area contributed by atoms with E-state index in [0.717, 1.165) is 12.2 Å². The minimum atomic E-state index is -2.87. The highest BCUT2D eigenvalue weighted by molar-refractivity contribution is 9.10. The zero-order valence-electron chi connectivity index (χ0n) is 10.1. The molecule has 0 aromatic heterocycles. The number of benzene rings is 1. The largest absolute Gasteiger partial charge is 0.431 e. The van der Waals surface area contributed by atoms with Crippen molar-refractivity contribution < 1.29 is 13.5 Å². The first kappa shape index (κ1) is 15.2. The molecule has 2 atom stereocenters. The molecule has 0 aliphatic carbocycles. The molecular weight excluding hydrogens is 360 g/mol. The Kier molecular flexibility index (Phi) is 5.20. The first-order valence-electron chi connectivity index (χ1n) is 5.77. The smallest absolute Gasteiger partial charge is 0.387 e. The van der Waals surface area contributed by atoms with Crippen molar-refractivity contribution >= 4 is 45.0 Å². The van der Waals surface area contributed by atoms with E-state index in [0.29, 0.717) is 20.4 Å². The molecule has 0 amide bonds. The predicted octanol–water partition coefficient (Wildman–Crippen LogP) is 5.01. The predicted molar refractivity (Wildman–Crippen MR) is 79.7 cm³/mol. The summed E-state index contributed by atoms with van der Waals surface area (Å²) in [5, 5.41) is 4.27. The lowest BCUT2D eigenvalue weighted by atomic mass is 10.2. The number of halogens is 4. The summed E-state index contributed by atoms with van der Waals surface area (Å²) in [6.07, 6.45) is 0.989. The number of thioether (sulfide) groups is 1. The summed E-state index contributed by atoms with van der Waals surface area (Å²) in [5.74, 6) is 1.04. The summed E-state index contributed by atoms with van der Waals surface area (Å²) in [6.45, 7) is -0.716. The topological polar surface area (TPSA) is 21.3 Å². The SMILES string of the molecule is CC1CC(Nc2cc(Cl)cc(Br)c2OC(F)F)CS1. The van der Waals surface area contributed by atoms with Crippen LogP contribution in [0.15, 0.2) is 16.6 Å². The normalized spacial score (nSPS) is 22.8. The van der Waals surface area contributed by atoms with Crippen molar-refractivity contribution in [3.8, 4) is 5.75 Å². The van der Waals surface area contributed by atoms with Gasteiger partial charge in [-0.1, -0.05) is 18.5 Å². The molecule has 2 rings (SSSR count). The average molecular weight is 373 g/mol. The van der Waals surface area contributed by atoms with Crippen molar-refractivity contribution in [2.75, 3.05) is 11.1 Å². The Hall–Kier alpha value is -0.200. The minimum absolute atomic E-state index is 0.101. The highest BCUT2D eigenvalue weighted by atomic mass is 79.9. The fraction of sp³-hybridized carbons (Fsp3) is 0.500. The van der Waals surface area contributed by atoms with Gasteiger partial charge in [0.15, 0.2) is 5.75 Å². The van der Waals surface area contributed by atoms with Gasteiger partial charge in [-0.2, -0.15) is 20.5 Å². The second kappa shape index (κ2) is 6.50. The van der Waals surface area contributed by atoms with Crippen LogP contribution in [-0.2, 0) is 0 Å². The number of hydrogen-bond acceptors (Lipinski definition) is 3. The standard InChI is InChI=1S/C12H13BrClF2NOS/c1-6-2-8(5-19-6)17-10-4-7(14)3-9(13)11(10)18-12(15)16/h3-4,6,8,12,17H,2,5H2,1H3. The minimum Gasteiger partial charge on any atom is -0.431 e. The molecule has 19 heavy (non-hydrogen) atoms. The van der Waals surface area contributed by atoms with E-state index in [-0.39, 0.29) is 11.8 Å². The van der Waals surface area contributed by atoms with Crippen molar-refractivity contribution in [2.45, 2.75) is 31.2 Å². The number of anilines is 1. The maximum absolute atomic E-state index is 12.4. The van der Waals surface area contributed by atoms with Gasteiger partial charge in [-0.3, -0.25) is 0 Å². The van der Waals surface area contributed by atoms with E-state index in [4.69, 9.17) is 11.6 Å². The molecule has 0 bridgehead atoms. The summed E-state index contributed by atoms with van der Waals surface area (Å²) < 4.78 is 29.9. The van der Waals surface area contributed by atoms with Crippen LogP contribution in [0.5, 0.6) is 5.75 Å². The molecule has 1 fully saturated rings. The molecular formula is C12H13BrClF2NOS. The summed E-state index contributed by atoms with van der Waals surface area (Å²) in [7, 11) is 0. The van der Waals surface area contributed by atoms with E-state index in [1.807, 2.05) is 11.8 Å². The van der Waals surface area contributed by atoms with Gasteiger partial charge in [-0.25, -0.2) is 0 Å².